The molecule has 0 bridgehead atoms. The normalized spacial score (nSPS) is 17.5. The Bertz CT molecular complexity index is 506. The zero-order valence-corrected chi connectivity index (χ0v) is 15.1. The lowest BCUT2D eigenvalue weighted by atomic mass is 10.0. The van der Waals surface area contributed by atoms with Gasteiger partial charge in [0.25, 0.3) is 0 Å². The Morgan fingerprint density at radius 1 is 1.30 bits per heavy atom. The summed E-state index contributed by atoms with van der Waals surface area (Å²) in [6.07, 6.45) is 5.49. The Kier molecular flexibility index (Phi) is 6.90. The molecule has 128 valence electrons. The van der Waals surface area contributed by atoms with Crippen LogP contribution in [0.25, 0.3) is 0 Å². The third-order valence-corrected chi connectivity index (χ3v) is 4.94. The number of benzene rings is 1. The molecule has 23 heavy (non-hydrogen) atoms. The molecule has 1 atom stereocenters. The maximum atomic E-state index is 4.35. The van der Waals surface area contributed by atoms with Crippen LogP contribution in [0.4, 0.5) is 0 Å². The zero-order valence-electron chi connectivity index (χ0n) is 15.1. The molecular weight excluding hydrogens is 284 g/mol. The van der Waals surface area contributed by atoms with Crippen molar-refractivity contribution in [2.24, 2.45) is 4.99 Å². The van der Waals surface area contributed by atoms with Gasteiger partial charge in [0.2, 0.25) is 0 Å². The fourth-order valence-electron chi connectivity index (χ4n) is 3.43. The number of nitrogens with one attached hydrogen (secondary N) is 2. The minimum atomic E-state index is 0.245. The second-order valence-electron chi connectivity index (χ2n) is 6.64. The quantitative estimate of drug-likeness (QED) is 0.626. The Morgan fingerprint density at radius 3 is 2.65 bits per heavy atom. The van der Waals surface area contributed by atoms with Crippen molar-refractivity contribution in [1.82, 2.24) is 15.5 Å². The van der Waals surface area contributed by atoms with Gasteiger partial charge in [-0.1, -0.05) is 37.1 Å². The summed E-state index contributed by atoms with van der Waals surface area (Å²) in [5.41, 5.74) is 2.63. The van der Waals surface area contributed by atoms with Crippen molar-refractivity contribution in [3.63, 3.8) is 0 Å². The van der Waals surface area contributed by atoms with Crippen LogP contribution >= 0.6 is 0 Å². The van der Waals surface area contributed by atoms with Crippen molar-refractivity contribution >= 4 is 5.96 Å². The molecule has 0 spiro atoms. The first-order valence-electron chi connectivity index (χ1n) is 8.84. The van der Waals surface area contributed by atoms with E-state index in [2.05, 4.69) is 65.7 Å². The molecule has 1 aromatic carbocycles. The van der Waals surface area contributed by atoms with Crippen LogP contribution in [-0.2, 0) is 0 Å². The first-order valence-corrected chi connectivity index (χ1v) is 8.84. The van der Waals surface area contributed by atoms with Crippen LogP contribution in [0.2, 0.25) is 0 Å². The minimum Gasteiger partial charge on any atom is -0.355 e. The second-order valence-corrected chi connectivity index (χ2v) is 6.64. The Balaban J connectivity index is 1.78. The number of guanidine groups is 1. The smallest absolute Gasteiger partial charge is 0.191 e. The molecule has 4 heteroatoms. The fourth-order valence-corrected chi connectivity index (χ4v) is 3.43. The molecule has 0 saturated heterocycles. The standard InChI is InChI=1S/C19H32N4/c1-15-9-5-8-12-18(15)16(2)22-19(20-3)21-13-14-23(4)17-10-6-7-11-17/h5,8-9,12,16-17H,6-7,10-11,13-14H2,1-4H3,(H2,20,21,22). The van der Waals surface area contributed by atoms with Gasteiger partial charge in [-0.3, -0.25) is 4.99 Å². The highest BCUT2D eigenvalue weighted by Crippen LogP contribution is 2.21. The van der Waals surface area contributed by atoms with Crippen LogP contribution < -0.4 is 10.6 Å². The zero-order chi connectivity index (χ0) is 16.7. The van der Waals surface area contributed by atoms with Crippen molar-refractivity contribution < 1.29 is 0 Å². The van der Waals surface area contributed by atoms with Crippen molar-refractivity contribution in [3.8, 4) is 0 Å². The van der Waals surface area contributed by atoms with E-state index < -0.39 is 0 Å². The molecule has 1 unspecified atom stereocenters. The summed E-state index contributed by atoms with van der Waals surface area (Å²) >= 11 is 0. The molecule has 2 rings (SSSR count). The molecule has 0 amide bonds. The van der Waals surface area contributed by atoms with Gasteiger partial charge < -0.3 is 15.5 Å². The lowest BCUT2D eigenvalue weighted by Gasteiger charge is -2.25. The fraction of sp³-hybridized carbons (Fsp3) is 0.632. The molecule has 0 radical (unpaired) electrons. The minimum absolute atomic E-state index is 0.245. The molecule has 1 saturated carbocycles. The average molecular weight is 316 g/mol. The van der Waals surface area contributed by atoms with E-state index >= 15 is 0 Å². The maximum absolute atomic E-state index is 4.35. The lowest BCUT2D eigenvalue weighted by molar-refractivity contribution is 0.249. The van der Waals surface area contributed by atoms with Crippen molar-refractivity contribution in [3.05, 3.63) is 35.4 Å². The molecule has 0 heterocycles. The monoisotopic (exact) mass is 316 g/mol. The van der Waals surface area contributed by atoms with Gasteiger partial charge in [-0.2, -0.15) is 0 Å². The number of hydrogen-bond acceptors (Lipinski definition) is 2. The summed E-state index contributed by atoms with van der Waals surface area (Å²) < 4.78 is 0. The molecule has 1 aliphatic carbocycles. The van der Waals surface area contributed by atoms with Crippen LogP contribution in [0.3, 0.4) is 0 Å². The number of hydrogen-bond donors (Lipinski definition) is 2. The van der Waals surface area contributed by atoms with Gasteiger partial charge in [0.05, 0.1) is 6.04 Å². The van der Waals surface area contributed by atoms with E-state index in [9.17, 15) is 0 Å². The maximum Gasteiger partial charge on any atom is 0.191 e. The Labute approximate surface area is 141 Å². The molecule has 4 nitrogen and oxygen atoms in total. The van der Waals surface area contributed by atoms with Crippen LogP contribution in [0.15, 0.2) is 29.3 Å². The van der Waals surface area contributed by atoms with Crippen molar-refractivity contribution in [2.75, 3.05) is 27.2 Å². The third kappa shape index (κ3) is 5.24. The summed E-state index contributed by atoms with van der Waals surface area (Å²) in [5.74, 6) is 0.876. The van der Waals surface area contributed by atoms with Crippen LogP contribution in [0.5, 0.6) is 0 Å². The van der Waals surface area contributed by atoms with Gasteiger partial charge >= 0.3 is 0 Å². The van der Waals surface area contributed by atoms with Crippen molar-refractivity contribution in [1.29, 1.82) is 0 Å². The van der Waals surface area contributed by atoms with Gasteiger partial charge in [-0.25, -0.2) is 0 Å². The highest BCUT2D eigenvalue weighted by molar-refractivity contribution is 5.80. The van der Waals surface area contributed by atoms with E-state index in [1.807, 2.05) is 7.05 Å². The number of rotatable bonds is 6. The third-order valence-electron chi connectivity index (χ3n) is 4.94. The molecule has 0 aromatic heterocycles. The van der Waals surface area contributed by atoms with E-state index in [0.717, 1.165) is 25.1 Å². The predicted molar refractivity (Wildman–Crippen MR) is 99.0 cm³/mol. The van der Waals surface area contributed by atoms with Gasteiger partial charge in [-0.15, -0.1) is 0 Å². The summed E-state index contributed by atoms with van der Waals surface area (Å²) in [7, 11) is 4.07. The summed E-state index contributed by atoms with van der Waals surface area (Å²) in [5, 5.41) is 6.93. The van der Waals surface area contributed by atoms with Crippen molar-refractivity contribution in [2.45, 2.75) is 51.6 Å². The number of nitrogens with zero attached hydrogens (tertiary/aromatic N) is 2. The molecule has 1 fully saturated rings. The topological polar surface area (TPSA) is 39.7 Å². The highest BCUT2D eigenvalue weighted by atomic mass is 15.2. The van der Waals surface area contributed by atoms with Crippen LogP contribution in [0, 0.1) is 6.92 Å². The molecule has 2 N–H and O–H groups in total. The number of likely N-dealkylation sites (N-methyl/N-ethyl adjacent to an activating group) is 1. The summed E-state index contributed by atoms with van der Waals surface area (Å²) in [4.78, 5) is 6.84. The second kappa shape index (κ2) is 8.92. The van der Waals surface area contributed by atoms with Crippen LogP contribution in [0.1, 0.15) is 49.8 Å². The molecule has 1 aliphatic rings. The average Bonchev–Trinajstić information content (AvgIpc) is 3.08. The van der Waals surface area contributed by atoms with E-state index in [1.54, 1.807) is 0 Å². The van der Waals surface area contributed by atoms with Gasteiger partial charge in [0.15, 0.2) is 5.96 Å². The summed E-state index contributed by atoms with van der Waals surface area (Å²) in [6.45, 7) is 6.32. The first kappa shape index (κ1) is 17.8. The molecule has 0 aliphatic heterocycles. The Morgan fingerprint density at radius 2 is 2.00 bits per heavy atom. The van der Waals surface area contributed by atoms with E-state index in [4.69, 9.17) is 0 Å². The summed E-state index contributed by atoms with van der Waals surface area (Å²) in [6, 6.07) is 9.52. The number of aliphatic imine (C=N–C) groups is 1. The van der Waals surface area contributed by atoms with E-state index in [0.29, 0.717) is 0 Å². The molecule has 1 aromatic rings. The van der Waals surface area contributed by atoms with E-state index in [-0.39, 0.29) is 6.04 Å². The van der Waals surface area contributed by atoms with Gasteiger partial charge in [-0.05, 0) is 44.9 Å². The lowest BCUT2D eigenvalue weighted by Crippen LogP contribution is -2.43. The highest BCUT2D eigenvalue weighted by Gasteiger charge is 2.19. The SMILES string of the molecule is CN=C(NCCN(C)C1CCCC1)NC(C)c1ccccc1C. The predicted octanol–water partition coefficient (Wildman–Crippen LogP) is 3.10. The van der Waals surface area contributed by atoms with E-state index in [1.165, 1.54) is 36.8 Å². The molecular formula is C19H32N4. The van der Waals surface area contributed by atoms with Gasteiger partial charge in [0.1, 0.15) is 0 Å². The van der Waals surface area contributed by atoms with Crippen LogP contribution in [-0.4, -0.2) is 44.1 Å². The first-order chi connectivity index (χ1) is 11.1. The van der Waals surface area contributed by atoms with Gasteiger partial charge in [0, 0.05) is 26.2 Å². The number of aryl methyl sites for hydroxylation is 1. The largest absolute Gasteiger partial charge is 0.355 e. The Hall–Kier alpha value is -1.55.